The van der Waals surface area contributed by atoms with E-state index in [2.05, 4.69) is 10.5 Å². The molecule has 0 saturated heterocycles. The molecule has 0 bridgehead atoms. The summed E-state index contributed by atoms with van der Waals surface area (Å²) in [6.07, 6.45) is 5.12. The van der Waals surface area contributed by atoms with Crippen molar-refractivity contribution in [3.63, 3.8) is 0 Å². The Bertz CT molecular complexity index is 1200. The van der Waals surface area contributed by atoms with Gasteiger partial charge in [-0.3, -0.25) is 4.79 Å². The first kappa shape index (κ1) is 23.1. The van der Waals surface area contributed by atoms with Gasteiger partial charge >= 0.3 is 0 Å². The predicted molar refractivity (Wildman–Crippen MR) is 128 cm³/mol. The Labute approximate surface area is 189 Å². The lowest BCUT2D eigenvalue weighted by Gasteiger charge is -2.17. The number of amides is 1. The molecule has 0 saturated carbocycles. The summed E-state index contributed by atoms with van der Waals surface area (Å²) in [5.74, 6) is -0.346. The molecule has 32 heavy (non-hydrogen) atoms. The van der Waals surface area contributed by atoms with Crippen molar-refractivity contribution in [3.8, 4) is 0 Å². The Balaban J connectivity index is 1.56. The third kappa shape index (κ3) is 6.23. The van der Waals surface area contributed by atoms with Gasteiger partial charge in [-0.25, -0.2) is 13.8 Å². The molecule has 0 radical (unpaired) electrons. The zero-order valence-corrected chi connectivity index (χ0v) is 18.8. The fraction of sp³-hybridized carbons (Fsp3) is 0.120. The lowest BCUT2D eigenvalue weighted by atomic mass is 10.1. The molecular formula is C25H25N3O3S. The molecule has 0 aromatic heterocycles. The largest absolute Gasteiger partial charge is 0.271 e. The molecule has 0 aliphatic rings. The van der Waals surface area contributed by atoms with Gasteiger partial charge in [0.15, 0.2) is 0 Å². The highest BCUT2D eigenvalue weighted by Crippen LogP contribution is 2.17. The van der Waals surface area contributed by atoms with Gasteiger partial charge in [0, 0.05) is 25.4 Å². The molecule has 0 heterocycles. The van der Waals surface area contributed by atoms with Gasteiger partial charge in [-0.1, -0.05) is 66.2 Å². The average Bonchev–Trinajstić information content (AvgIpc) is 2.80. The average molecular weight is 448 g/mol. The van der Waals surface area contributed by atoms with Gasteiger partial charge in [-0.2, -0.15) is 9.41 Å². The summed E-state index contributed by atoms with van der Waals surface area (Å²) >= 11 is 0. The summed E-state index contributed by atoms with van der Waals surface area (Å²) < 4.78 is 26.7. The fourth-order valence-corrected chi connectivity index (χ4v) is 4.07. The van der Waals surface area contributed by atoms with Gasteiger partial charge in [-0.15, -0.1) is 0 Å². The molecule has 3 aromatic carbocycles. The molecule has 0 aliphatic heterocycles. The Hall–Kier alpha value is -3.55. The van der Waals surface area contributed by atoms with Gasteiger partial charge in [0.2, 0.25) is 10.0 Å². The van der Waals surface area contributed by atoms with Crippen molar-refractivity contribution < 1.29 is 13.2 Å². The van der Waals surface area contributed by atoms with E-state index < -0.39 is 10.0 Å². The number of nitrogens with zero attached hydrogens (tertiary/aromatic N) is 2. The van der Waals surface area contributed by atoms with Crippen LogP contribution < -0.4 is 5.43 Å². The molecule has 0 spiro atoms. The maximum Gasteiger partial charge on any atom is 0.271 e. The summed E-state index contributed by atoms with van der Waals surface area (Å²) in [7, 11) is -2.05. The monoisotopic (exact) mass is 447 g/mol. The van der Waals surface area contributed by atoms with E-state index in [4.69, 9.17) is 0 Å². The lowest BCUT2D eigenvalue weighted by molar-refractivity contribution is 0.0955. The van der Waals surface area contributed by atoms with Crippen LogP contribution in [-0.2, 0) is 16.6 Å². The molecule has 164 valence electrons. The van der Waals surface area contributed by atoms with Crippen molar-refractivity contribution in [2.75, 3.05) is 7.05 Å². The van der Waals surface area contributed by atoms with Gasteiger partial charge < -0.3 is 0 Å². The minimum absolute atomic E-state index is 0.195. The molecule has 0 fully saturated rings. The van der Waals surface area contributed by atoms with E-state index in [0.717, 1.165) is 16.7 Å². The number of carbonyl (C=O) groups is 1. The number of allylic oxidation sites excluding steroid dienone is 1. The Morgan fingerprint density at radius 2 is 1.62 bits per heavy atom. The number of hydrogen-bond donors (Lipinski definition) is 1. The molecule has 3 rings (SSSR count). The standard InChI is InChI=1S/C25H25N3O3S/c1-20-10-16-24(17-11-20)32(30,31)28(2)19-22-12-14-23(15-13-22)25(29)27-26-18-6-9-21-7-4-3-5-8-21/h3-18H,19H2,1-2H3,(H,27,29). The summed E-state index contributed by atoms with van der Waals surface area (Å²) in [6.45, 7) is 2.10. The van der Waals surface area contributed by atoms with E-state index in [1.165, 1.54) is 17.6 Å². The third-order valence-corrected chi connectivity index (χ3v) is 6.58. The number of hydrazone groups is 1. The summed E-state index contributed by atoms with van der Waals surface area (Å²) in [6, 6.07) is 23.3. The summed E-state index contributed by atoms with van der Waals surface area (Å²) in [5, 5.41) is 3.91. The maximum absolute atomic E-state index is 12.7. The highest BCUT2D eigenvalue weighted by Gasteiger charge is 2.20. The van der Waals surface area contributed by atoms with E-state index in [0.29, 0.717) is 5.56 Å². The first-order chi connectivity index (χ1) is 15.4. The molecule has 3 aromatic rings. The van der Waals surface area contributed by atoms with Crippen LogP contribution in [0.4, 0.5) is 0 Å². The number of carbonyl (C=O) groups excluding carboxylic acids is 1. The lowest BCUT2D eigenvalue weighted by Crippen LogP contribution is -2.26. The molecule has 6 nitrogen and oxygen atoms in total. The van der Waals surface area contributed by atoms with Crippen LogP contribution in [0.2, 0.25) is 0 Å². The van der Waals surface area contributed by atoms with E-state index in [1.807, 2.05) is 43.3 Å². The highest BCUT2D eigenvalue weighted by molar-refractivity contribution is 7.89. The zero-order valence-electron chi connectivity index (χ0n) is 18.0. The SMILES string of the molecule is Cc1ccc(S(=O)(=O)N(C)Cc2ccc(C(=O)NN=CC=Cc3ccccc3)cc2)cc1. The fourth-order valence-electron chi connectivity index (χ4n) is 2.92. The van der Waals surface area contributed by atoms with Crippen LogP contribution in [0.1, 0.15) is 27.0 Å². The number of hydrogen-bond acceptors (Lipinski definition) is 4. The first-order valence-corrected chi connectivity index (χ1v) is 11.5. The number of rotatable bonds is 8. The third-order valence-electron chi connectivity index (χ3n) is 4.77. The van der Waals surface area contributed by atoms with Gasteiger partial charge in [0.25, 0.3) is 5.91 Å². The Morgan fingerprint density at radius 3 is 2.28 bits per heavy atom. The van der Waals surface area contributed by atoms with Crippen molar-refractivity contribution in [1.29, 1.82) is 0 Å². The number of sulfonamides is 1. The zero-order chi connectivity index (χ0) is 23.0. The quantitative estimate of drug-likeness (QED) is 0.414. The molecular weight excluding hydrogens is 422 g/mol. The Kier molecular flexibility index (Phi) is 7.70. The summed E-state index contributed by atoms with van der Waals surface area (Å²) in [5.41, 5.74) is 5.71. The molecule has 0 unspecified atom stereocenters. The van der Waals surface area contributed by atoms with Crippen LogP contribution in [0.25, 0.3) is 6.08 Å². The smallest absolute Gasteiger partial charge is 0.267 e. The molecule has 1 N–H and O–H groups in total. The Morgan fingerprint density at radius 1 is 0.969 bits per heavy atom. The van der Waals surface area contributed by atoms with Crippen LogP contribution >= 0.6 is 0 Å². The summed E-state index contributed by atoms with van der Waals surface area (Å²) in [4.78, 5) is 12.5. The molecule has 7 heteroatoms. The van der Waals surface area contributed by atoms with Crippen LogP contribution in [0.15, 0.2) is 94.9 Å². The topological polar surface area (TPSA) is 78.8 Å². The predicted octanol–water partition coefficient (Wildman–Crippen LogP) is 4.24. The van der Waals surface area contributed by atoms with E-state index in [1.54, 1.807) is 54.6 Å². The first-order valence-electron chi connectivity index (χ1n) is 10.0. The molecule has 0 aliphatic carbocycles. The molecule has 1 amide bonds. The maximum atomic E-state index is 12.7. The number of aryl methyl sites for hydroxylation is 1. The van der Waals surface area contributed by atoms with E-state index >= 15 is 0 Å². The second-order valence-corrected chi connectivity index (χ2v) is 9.30. The van der Waals surface area contributed by atoms with Gasteiger partial charge in [-0.05, 0) is 48.4 Å². The van der Waals surface area contributed by atoms with Crippen LogP contribution in [0.3, 0.4) is 0 Å². The van der Waals surface area contributed by atoms with Crippen molar-refractivity contribution >= 4 is 28.2 Å². The van der Waals surface area contributed by atoms with Crippen molar-refractivity contribution in [1.82, 2.24) is 9.73 Å². The van der Waals surface area contributed by atoms with Crippen LogP contribution in [-0.4, -0.2) is 31.9 Å². The van der Waals surface area contributed by atoms with Crippen molar-refractivity contribution in [3.05, 3.63) is 107 Å². The minimum atomic E-state index is -3.59. The van der Waals surface area contributed by atoms with Gasteiger partial charge in [0.1, 0.15) is 0 Å². The van der Waals surface area contributed by atoms with Gasteiger partial charge in [0.05, 0.1) is 4.90 Å². The second-order valence-electron chi connectivity index (χ2n) is 7.26. The normalized spacial score (nSPS) is 12.0. The van der Waals surface area contributed by atoms with Crippen LogP contribution in [0.5, 0.6) is 0 Å². The van der Waals surface area contributed by atoms with E-state index in [-0.39, 0.29) is 17.3 Å². The molecule has 0 atom stereocenters. The second kappa shape index (κ2) is 10.7. The van der Waals surface area contributed by atoms with Crippen LogP contribution in [0, 0.1) is 6.92 Å². The number of benzene rings is 3. The van der Waals surface area contributed by atoms with Crippen molar-refractivity contribution in [2.45, 2.75) is 18.4 Å². The highest BCUT2D eigenvalue weighted by atomic mass is 32.2. The number of nitrogens with one attached hydrogen (secondary N) is 1. The van der Waals surface area contributed by atoms with Crippen molar-refractivity contribution in [2.24, 2.45) is 5.10 Å². The van der Waals surface area contributed by atoms with E-state index in [9.17, 15) is 13.2 Å². The minimum Gasteiger partial charge on any atom is -0.267 e.